The Balaban J connectivity index is 4.18. The minimum absolute atomic E-state index is 0.524. The molecule has 0 bridgehead atoms. The Kier molecular flexibility index (Phi) is 4.64. The van der Waals surface area contributed by atoms with Crippen molar-refractivity contribution in [3.05, 3.63) is 0 Å². The predicted octanol–water partition coefficient (Wildman–Crippen LogP) is -1.29. The van der Waals surface area contributed by atoms with Crippen LogP contribution in [0.1, 0.15) is 0 Å². The first kappa shape index (κ1) is 10.9. The minimum Gasteiger partial charge on any atom is -0.480 e. The maximum absolute atomic E-state index is 10.9. The Morgan fingerprint density at radius 1 is 1.69 bits per heavy atom. The maximum Gasteiger partial charge on any atom is 0.322 e. The summed E-state index contributed by atoms with van der Waals surface area (Å²) in [4.78, 5) is 25.0. The smallest absolute Gasteiger partial charge is 0.322 e. The van der Waals surface area contributed by atoms with Gasteiger partial charge in [-0.2, -0.15) is 5.26 Å². The molecule has 7 nitrogen and oxygen atoms in total. The minimum atomic E-state index is -1.21. The number of carboxylic acid groups (broad SMARTS) is 1. The molecule has 0 aromatic rings. The van der Waals surface area contributed by atoms with E-state index in [9.17, 15) is 9.59 Å². The summed E-state index contributed by atoms with van der Waals surface area (Å²) >= 11 is 0. The van der Waals surface area contributed by atoms with Gasteiger partial charge in [-0.25, -0.2) is 0 Å². The number of carboxylic acids is 1. The summed E-state index contributed by atoms with van der Waals surface area (Å²) in [7, 11) is 1.17. The third kappa shape index (κ3) is 4.36. The lowest BCUT2D eigenvalue weighted by molar-refractivity contribution is -0.137. The molecule has 0 aliphatic carbocycles. The van der Waals surface area contributed by atoms with Crippen molar-refractivity contribution in [3.63, 3.8) is 0 Å². The maximum atomic E-state index is 10.9. The Labute approximate surface area is 73.6 Å². The first-order valence-electron chi connectivity index (χ1n) is 3.13. The molecule has 0 aromatic carbocycles. The fourth-order valence-electron chi connectivity index (χ4n) is 0.444. The van der Waals surface area contributed by atoms with Gasteiger partial charge in [0.25, 0.3) is 5.91 Å². The van der Waals surface area contributed by atoms with E-state index in [1.165, 1.54) is 13.2 Å². The Morgan fingerprint density at radius 2 is 2.31 bits per heavy atom. The van der Waals surface area contributed by atoms with E-state index in [1.807, 2.05) is 5.32 Å². The summed E-state index contributed by atoms with van der Waals surface area (Å²) < 4.78 is 0. The molecular weight excluding hydrogens is 178 g/mol. The number of hydrogen-bond acceptors (Lipinski definition) is 5. The van der Waals surface area contributed by atoms with Gasteiger partial charge >= 0.3 is 5.97 Å². The zero-order chi connectivity index (χ0) is 10.3. The van der Waals surface area contributed by atoms with E-state index < -0.39 is 24.1 Å². The van der Waals surface area contributed by atoms with Gasteiger partial charge in [-0.3, -0.25) is 9.59 Å². The first-order chi connectivity index (χ1) is 6.11. The highest BCUT2D eigenvalue weighted by atomic mass is 16.6. The van der Waals surface area contributed by atoms with Crippen molar-refractivity contribution in [2.75, 3.05) is 13.7 Å². The van der Waals surface area contributed by atoms with Crippen molar-refractivity contribution in [2.24, 2.45) is 5.16 Å². The predicted molar refractivity (Wildman–Crippen MR) is 40.7 cm³/mol. The van der Waals surface area contributed by atoms with Gasteiger partial charge in [0.2, 0.25) is 5.71 Å². The van der Waals surface area contributed by atoms with Crippen LogP contribution in [0.3, 0.4) is 0 Å². The van der Waals surface area contributed by atoms with Crippen molar-refractivity contribution in [1.29, 1.82) is 5.26 Å². The van der Waals surface area contributed by atoms with Gasteiger partial charge < -0.3 is 15.3 Å². The highest BCUT2D eigenvalue weighted by molar-refractivity contribution is 6.45. The monoisotopic (exact) mass is 185 g/mol. The lowest BCUT2D eigenvalue weighted by Crippen LogP contribution is -2.34. The molecule has 0 aliphatic heterocycles. The Bertz CT molecular complexity index is 278. The van der Waals surface area contributed by atoms with Crippen molar-refractivity contribution in [2.45, 2.75) is 0 Å². The topological polar surface area (TPSA) is 112 Å². The van der Waals surface area contributed by atoms with Crippen molar-refractivity contribution < 1.29 is 19.5 Å². The van der Waals surface area contributed by atoms with Crippen LogP contribution >= 0.6 is 0 Å². The molecule has 0 heterocycles. The average Bonchev–Trinajstić information content (AvgIpc) is 2.10. The standard InChI is InChI=1S/C6H7N3O4/c1-13-9-4(2-7)6(12)8-3-5(10)11/h3H2,1H3,(H,8,12)(H,10,11)/b9-4-. The molecule has 0 atom stereocenters. The summed E-state index contributed by atoms with van der Waals surface area (Å²) in [6.07, 6.45) is 0. The number of nitrogens with zero attached hydrogens (tertiary/aromatic N) is 2. The van der Waals surface area contributed by atoms with Crippen LogP contribution in [-0.4, -0.2) is 36.3 Å². The second-order valence-electron chi connectivity index (χ2n) is 1.81. The Hall–Kier alpha value is -2.10. The van der Waals surface area contributed by atoms with E-state index in [2.05, 4.69) is 9.99 Å². The molecular formula is C6H7N3O4. The van der Waals surface area contributed by atoms with E-state index >= 15 is 0 Å². The van der Waals surface area contributed by atoms with Crippen LogP contribution in [0.4, 0.5) is 0 Å². The number of hydrogen-bond donors (Lipinski definition) is 2. The number of aliphatic carboxylic acids is 1. The molecule has 70 valence electrons. The molecule has 0 rings (SSSR count). The van der Waals surface area contributed by atoms with Crippen LogP contribution in [0.15, 0.2) is 5.16 Å². The quantitative estimate of drug-likeness (QED) is 0.418. The molecule has 0 saturated carbocycles. The molecule has 0 aliphatic rings. The largest absolute Gasteiger partial charge is 0.480 e. The zero-order valence-electron chi connectivity index (χ0n) is 6.77. The number of nitrogens with one attached hydrogen (secondary N) is 1. The van der Waals surface area contributed by atoms with E-state index in [0.717, 1.165) is 0 Å². The van der Waals surface area contributed by atoms with Gasteiger partial charge in [-0.1, -0.05) is 5.16 Å². The third-order valence-corrected chi connectivity index (χ3v) is 0.904. The number of amides is 1. The molecule has 0 radical (unpaired) electrons. The second-order valence-corrected chi connectivity index (χ2v) is 1.81. The van der Waals surface area contributed by atoms with Crippen molar-refractivity contribution in [3.8, 4) is 6.07 Å². The van der Waals surface area contributed by atoms with Crippen LogP contribution in [0.2, 0.25) is 0 Å². The summed E-state index contributed by atoms with van der Waals surface area (Å²) in [6, 6.07) is 1.45. The highest BCUT2D eigenvalue weighted by Crippen LogP contribution is 1.78. The van der Waals surface area contributed by atoms with Gasteiger partial charge in [0, 0.05) is 0 Å². The van der Waals surface area contributed by atoms with Crippen LogP contribution in [0.5, 0.6) is 0 Å². The highest BCUT2D eigenvalue weighted by Gasteiger charge is 2.11. The lowest BCUT2D eigenvalue weighted by atomic mass is 10.4. The van der Waals surface area contributed by atoms with E-state index in [-0.39, 0.29) is 0 Å². The lowest BCUT2D eigenvalue weighted by Gasteiger charge is -1.97. The number of rotatable bonds is 4. The molecule has 0 unspecified atom stereocenters. The van der Waals surface area contributed by atoms with Crippen molar-refractivity contribution in [1.82, 2.24) is 5.32 Å². The summed E-state index contributed by atoms with van der Waals surface area (Å²) in [5.41, 5.74) is -0.524. The van der Waals surface area contributed by atoms with Gasteiger partial charge in [0.1, 0.15) is 19.7 Å². The van der Waals surface area contributed by atoms with Crippen LogP contribution < -0.4 is 5.32 Å². The van der Waals surface area contributed by atoms with E-state index in [1.54, 1.807) is 0 Å². The SMILES string of the molecule is CO/N=C(/C#N)C(=O)NCC(=O)O. The normalized spacial score (nSPS) is 10.0. The molecule has 2 N–H and O–H groups in total. The van der Waals surface area contributed by atoms with E-state index in [0.29, 0.717) is 0 Å². The number of oxime groups is 1. The van der Waals surface area contributed by atoms with Crippen LogP contribution in [-0.2, 0) is 14.4 Å². The number of carbonyl (C=O) groups is 2. The molecule has 0 spiro atoms. The van der Waals surface area contributed by atoms with Crippen LogP contribution in [0, 0.1) is 11.3 Å². The van der Waals surface area contributed by atoms with Crippen molar-refractivity contribution >= 4 is 17.6 Å². The Morgan fingerprint density at radius 3 is 2.69 bits per heavy atom. The molecule has 1 amide bonds. The third-order valence-electron chi connectivity index (χ3n) is 0.904. The first-order valence-corrected chi connectivity index (χ1v) is 3.13. The number of carbonyl (C=O) groups excluding carboxylic acids is 1. The number of nitriles is 1. The summed E-state index contributed by atoms with van der Waals surface area (Å²) in [5, 5.41) is 21.5. The van der Waals surface area contributed by atoms with Gasteiger partial charge in [-0.15, -0.1) is 0 Å². The molecule has 0 aromatic heterocycles. The second kappa shape index (κ2) is 5.54. The van der Waals surface area contributed by atoms with E-state index in [4.69, 9.17) is 10.4 Å². The zero-order valence-corrected chi connectivity index (χ0v) is 6.77. The fraction of sp³-hybridized carbons (Fsp3) is 0.333. The molecule has 0 saturated heterocycles. The van der Waals surface area contributed by atoms with Crippen LogP contribution in [0.25, 0.3) is 0 Å². The van der Waals surface area contributed by atoms with Gasteiger partial charge in [0.05, 0.1) is 0 Å². The fourth-order valence-corrected chi connectivity index (χ4v) is 0.444. The van der Waals surface area contributed by atoms with Gasteiger partial charge in [-0.05, 0) is 0 Å². The molecule has 0 fully saturated rings. The van der Waals surface area contributed by atoms with Gasteiger partial charge in [0.15, 0.2) is 0 Å². The molecule has 13 heavy (non-hydrogen) atoms. The summed E-state index contributed by atoms with van der Waals surface area (Å²) in [6.45, 7) is -0.566. The average molecular weight is 185 g/mol. The summed E-state index contributed by atoms with van der Waals surface area (Å²) in [5.74, 6) is -2.09. The molecule has 7 heteroatoms.